The Hall–Kier alpha value is -3.50. The van der Waals surface area contributed by atoms with Gasteiger partial charge in [0.25, 0.3) is 0 Å². The van der Waals surface area contributed by atoms with E-state index in [4.69, 9.17) is 19.0 Å². The van der Waals surface area contributed by atoms with Crippen LogP contribution in [0.2, 0.25) is 0 Å². The van der Waals surface area contributed by atoms with Gasteiger partial charge in [-0.2, -0.15) is 4.98 Å². The molecule has 0 bridgehead atoms. The second-order valence-corrected chi connectivity index (χ2v) is 9.92. The van der Waals surface area contributed by atoms with Crippen LogP contribution in [0.3, 0.4) is 0 Å². The highest BCUT2D eigenvalue weighted by Crippen LogP contribution is 2.48. The van der Waals surface area contributed by atoms with E-state index in [1.807, 2.05) is 19.1 Å². The van der Waals surface area contributed by atoms with Gasteiger partial charge in [-0.1, -0.05) is 5.21 Å². The number of aliphatic carboxylic acids is 1. The van der Waals surface area contributed by atoms with Gasteiger partial charge in [0.1, 0.15) is 23.7 Å². The van der Waals surface area contributed by atoms with E-state index in [9.17, 15) is 9.90 Å². The Morgan fingerprint density at radius 2 is 2.06 bits per heavy atom. The van der Waals surface area contributed by atoms with Crippen molar-refractivity contribution in [2.45, 2.75) is 64.1 Å². The summed E-state index contributed by atoms with van der Waals surface area (Å²) in [5.74, 6) is 1.45. The van der Waals surface area contributed by atoms with Gasteiger partial charge in [0.15, 0.2) is 0 Å². The number of aryl methyl sites for hydroxylation is 2. The third-order valence-electron chi connectivity index (χ3n) is 7.59. The summed E-state index contributed by atoms with van der Waals surface area (Å²) in [5, 5.41) is 21.8. The van der Waals surface area contributed by atoms with Gasteiger partial charge in [-0.15, -0.1) is 5.10 Å². The van der Waals surface area contributed by atoms with Crippen LogP contribution in [0.5, 0.6) is 11.8 Å². The Morgan fingerprint density at radius 3 is 2.83 bits per heavy atom. The molecule has 0 saturated heterocycles. The second-order valence-electron chi connectivity index (χ2n) is 9.92. The minimum Gasteiger partial charge on any atom is -0.489 e. The number of carboxylic acid groups (broad SMARTS) is 1. The summed E-state index contributed by atoms with van der Waals surface area (Å²) in [5.41, 5.74) is 2.78. The highest BCUT2D eigenvalue weighted by atomic mass is 16.6. The quantitative estimate of drug-likeness (QED) is 0.511. The number of rotatable bonds is 8. The topological polar surface area (TPSA) is 138 Å². The summed E-state index contributed by atoms with van der Waals surface area (Å²) < 4.78 is 18.9. The maximum absolute atomic E-state index is 11.5. The lowest BCUT2D eigenvalue weighted by molar-refractivity contribution is -0.143. The molecule has 0 amide bonds. The number of aromatic nitrogens is 6. The molecule has 35 heavy (non-hydrogen) atoms. The molecular formula is C24H28N6O5. The molecule has 1 N–H and O–H groups in total. The molecule has 4 unspecified atom stereocenters. The fraction of sp³-hybridized carbons (Fsp3) is 0.583. The smallest absolute Gasteiger partial charge is 0.354 e. The van der Waals surface area contributed by atoms with Gasteiger partial charge in [0, 0.05) is 13.0 Å². The summed E-state index contributed by atoms with van der Waals surface area (Å²) in [7, 11) is 1.80. The van der Waals surface area contributed by atoms with Crippen LogP contribution in [0.15, 0.2) is 16.7 Å². The Kier molecular flexibility index (Phi) is 5.42. The minimum atomic E-state index is -0.674. The number of nitrogens with zero attached hydrogens (tertiary/aromatic N) is 6. The number of pyridine rings is 1. The zero-order valence-electron chi connectivity index (χ0n) is 19.8. The molecule has 3 aromatic rings. The van der Waals surface area contributed by atoms with Crippen LogP contribution in [-0.4, -0.2) is 47.3 Å². The van der Waals surface area contributed by atoms with Gasteiger partial charge in [-0.25, -0.2) is 9.67 Å². The van der Waals surface area contributed by atoms with Gasteiger partial charge in [0.2, 0.25) is 5.89 Å². The van der Waals surface area contributed by atoms with Crippen LogP contribution >= 0.6 is 0 Å². The van der Waals surface area contributed by atoms with Crippen molar-refractivity contribution in [1.29, 1.82) is 0 Å². The predicted octanol–water partition coefficient (Wildman–Crippen LogP) is 3.29. The van der Waals surface area contributed by atoms with Crippen molar-refractivity contribution in [3.8, 4) is 23.1 Å². The molecule has 0 aliphatic heterocycles. The first-order chi connectivity index (χ1) is 17.0. The number of hydrogen-bond acceptors (Lipinski definition) is 9. The van der Waals surface area contributed by atoms with E-state index in [0.717, 1.165) is 49.9 Å². The monoisotopic (exact) mass is 480 g/mol. The molecule has 3 aliphatic carbocycles. The van der Waals surface area contributed by atoms with E-state index in [1.54, 1.807) is 11.7 Å². The van der Waals surface area contributed by atoms with Gasteiger partial charge < -0.3 is 19.1 Å². The standard InChI is InChI=1S/C24H28N6O5/c1-12-20(34-15-9-14-5-6-16(23(31)32)17(14)10-15)8-7-18(25-12)21-19(30(2)29-27-21)11-33-24-26-22(35-28-24)13-3-4-13/h7-8,13-17H,3-6,9-11H2,1-2H3,(H,31,32). The first kappa shape index (κ1) is 22.0. The SMILES string of the molecule is Cc1nc(-c2nnn(C)c2COc2noc(C3CC3)n2)ccc1OC1CC2CCC(C(=O)O)C2C1. The maximum Gasteiger partial charge on any atom is 0.354 e. The number of hydrogen-bond donors (Lipinski definition) is 1. The normalized spacial score (nSPS) is 25.5. The molecule has 3 aliphatic rings. The molecule has 3 aromatic heterocycles. The summed E-state index contributed by atoms with van der Waals surface area (Å²) in [6.07, 6.45) is 5.62. The molecule has 11 heteroatoms. The van der Waals surface area contributed by atoms with Crippen molar-refractivity contribution >= 4 is 5.97 Å². The molecule has 3 fully saturated rings. The van der Waals surface area contributed by atoms with Crippen LogP contribution in [-0.2, 0) is 18.4 Å². The van der Waals surface area contributed by atoms with Crippen LogP contribution in [0, 0.1) is 24.7 Å². The van der Waals surface area contributed by atoms with Crippen molar-refractivity contribution in [2.75, 3.05) is 0 Å². The van der Waals surface area contributed by atoms with E-state index in [0.29, 0.717) is 34.9 Å². The maximum atomic E-state index is 11.5. The minimum absolute atomic E-state index is 0.0227. The molecule has 3 heterocycles. The number of carboxylic acids is 1. The number of ether oxygens (including phenoxy) is 2. The molecule has 184 valence electrons. The summed E-state index contributed by atoms with van der Waals surface area (Å²) in [4.78, 5) is 20.6. The molecule has 0 radical (unpaired) electrons. The Bertz CT molecular complexity index is 1250. The fourth-order valence-electron chi connectivity index (χ4n) is 5.57. The first-order valence-electron chi connectivity index (χ1n) is 12.2. The van der Waals surface area contributed by atoms with Crippen LogP contribution < -0.4 is 9.47 Å². The molecule has 0 spiro atoms. The molecule has 0 aromatic carbocycles. The lowest BCUT2D eigenvalue weighted by Gasteiger charge is -2.18. The van der Waals surface area contributed by atoms with E-state index in [1.165, 1.54) is 0 Å². The molecule has 3 saturated carbocycles. The summed E-state index contributed by atoms with van der Waals surface area (Å²) in [6.45, 7) is 2.08. The lowest BCUT2D eigenvalue weighted by Crippen LogP contribution is -2.21. The average Bonchev–Trinajstić information content (AvgIpc) is 3.12. The Balaban J connectivity index is 1.14. The van der Waals surface area contributed by atoms with Crippen LogP contribution in [0.4, 0.5) is 0 Å². The molecule has 6 rings (SSSR count). The van der Waals surface area contributed by atoms with Gasteiger partial charge in [0.05, 0.1) is 23.4 Å². The summed E-state index contributed by atoms with van der Waals surface area (Å²) >= 11 is 0. The lowest BCUT2D eigenvalue weighted by atomic mass is 9.92. The van der Waals surface area contributed by atoms with Crippen molar-refractivity contribution in [3.63, 3.8) is 0 Å². The highest BCUT2D eigenvalue weighted by Gasteiger charge is 2.47. The number of carbonyl (C=O) groups is 1. The van der Waals surface area contributed by atoms with Gasteiger partial charge in [-0.05, 0) is 74.6 Å². The van der Waals surface area contributed by atoms with Crippen molar-refractivity contribution in [2.24, 2.45) is 24.8 Å². The largest absolute Gasteiger partial charge is 0.489 e. The van der Waals surface area contributed by atoms with E-state index in [2.05, 4.69) is 20.5 Å². The molecule has 11 nitrogen and oxygen atoms in total. The Morgan fingerprint density at radius 1 is 1.20 bits per heavy atom. The van der Waals surface area contributed by atoms with Crippen LogP contribution in [0.25, 0.3) is 11.4 Å². The third-order valence-corrected chi connectivity index (χ3v) is 7.59. The van der Waals surface area contributed by atoms with E-state index in [-0.39, 0.29) is 30.6 Å². The summed E-state index contributed by atoms with van der Waals surface area (Å²) in [6, 6.07) is 3.98. The van der Waals surface area contributed by atoms with Crippen molar-refractivity contribution in [3.05, 3.63) is 29.4 Å². The number of fused-ring (bicyclic) bond motifs is 1. The predicted molar refractivity (Wildman–Crippen MR) is 121 cm³/mol. The second kappa shape index (κ2) is 8.62. The van der Waals surface area contributed by atoms with E-state index < -0.39 is 5.97 Å². The van der Waals surface area contributed by atoms with Gasteiger partial charge in [-0.3, -0.25) is 4.79 Å². The third kappa shape index (κ3) is 4.23. The first-order valence-corrected chi connectivity index (χ1v) is 12.2. The zero-order chi connectivity index (χ0) is 24.1. The van der Waals surface area contributed by atoms with Crippen molar-refractivity contribution in [1.82, 2.24) is 30.1 Å². The molecular weight excluding hydrogens is 452 g/mol. The zero-order valence-corrected chi connectivity index (χ0v) is 19.8. The van der Waals surface area contributed by atoms with Crippen molar-refractivity contribution < 1.29 is 23.9 Å². The Labute approximate surface area is 201 Å². The van der Waals surface area contributed by atoms with E-state index >= 15 is 0 Å². The fourth-order valence-corrected chi connectivity index (χ4v) is 5.57. The van der Waals surface area contributed by atoms with Crippen LogP contribution in [0.1, 0.15) is 61.7 Å². The highest BCUT2D eigenvalue weighted by molar-refractivity contribution is 5.71. The molecule has 4 atom stereocenters. The van der Waals surface area contributed by atoms with Gasteiger partial charge >= 0.3 is 12.0 Å². The average molecular weight is 481 g/mol.